The highest BCUT2D eigenvalue weighted by molar-refractivity contribution is 9.10. The molecule has 2 aromatic rings. The van der Waals surface area contributed by atoms with E-state index in [1.54, 1.807) is 6.92 Å². The molecule has 0 bridgehead atoms. The second-order valence-corrected chi connectivity index (χ2v) is 8.83. The van der Waals surface area contributed by atoms with Crippen LogP contribution in [-0.2, 0) is 11.8 Å². The number of fused-ring (bicyclic) bond motifs is 2. The lowest BCUT2D eigenvalue weighted by Gasteiger charge is -2.19. The van der Waals surface area contributed by atoms with Gasteiger partial charge >= 0.3 is 5.97 Å². The molecule has 1 atom stereocenters. The summed E-state index contributed by atoms with van der Waals surface area (Å²) >= 11 is 3.77. The number of anilines is 2. The van der Waals surface area contributed by atoms with E-state index < -0.39 is 12.0 Å². The van der Waals surface area contributed by atoms with Crippen molar-refractivity contribution in [1.82, 2.24) is 9.78 Å². The van der Waals surface area contributed by atoms with Crippen LogP contribution in [0.25, 0.3) is 22.4 Å². The van der Waals surface area contributed by atoms with Crippen molar-refractivity contribution >= 4 is 33.4 Å². The number of benzene rings is 3. The van der Waals surface area contributed by atoms with Gasteiger partial charge in [0.1, 0.15) is 25.1 Å². The molecule has 0 amide bonds. The van der Waals surface area contributed by atoms with Crippen LogP contribution in [0.5, 0.6) is 11.5 Å². The number of aryl methyl sites for hydroxylation is 1. The van der Waals surface area contributed by atoms with Gasteiger partial charge in [-0.05, 0) is 70.4 Å². The molecule has 1 aliphatic carbocycles. The van der Waals surface area contributed by atoms with E-state index in [2.05, 4.69) is 31.3 Å². The molecule has 3 N–H and O–H groups in total. The molecule has 0 spiro atoms. The molecule has 0 radical (unpaired) electrons. The monoisotopic (exact) mass is 522 g/mol. The van der Waals surface area contributed by atoms with Gasteiger partial charge in [-0.1, -0.05) is 18.2 Å². The summed E-state index contributed by atoms with van der Waals surface area (Å²) in [7, 11) is 1.90. The van der Waals surface area contributed by atoms with Gasteiger partial charge in [-0.2, -0.15) is 0 Å². The number of nitrogens with one attached hydrogen (secondary N) is 2. The summed E-state index contributed by atoms with van der Waals surface area (Å²) in [5.74, 6) is 1.36. The quantitative estimate of drug-likeness (QED) is 0.350. The number of hydrogen-bond acceptors (Lipinski definition) is 5. The summed E-state index contributed by atoms with van der Waals surface area (Å²) in [6, 6.07) is 16.8. The fourth-order valence-corrected chi connectivity index (χ4v) is 4.54. The number of halogens is 1. The predicted octanol–water partition coefficient (Wildman–Crippen LogP) is 4.78. The fraction of sp³-hybridized carbons (Fsp3) is 0.200. The first-order valence-electron chi connectivity index (χ1n) is 10.8. The molecule has 0 saturated carbocycles. The van der Waals surface area contributed by atoms with E-state index in [1.165, 1.54) is 0 Å². The number of rotatable bonds is 5. The van der Waals surface area contributed by atoms with Gasteiger partial charge in [0, 0.05) is 17.1 Å². The van der Waals surface area contributed by atoms with Gasteiger partial charge in [0.25, 0.3) is 0 Å². The third-order valence-corrected chi connectivity index (χ3v) is 6.56. The molecule has 5 rings (SSSR count). The first-order chi connectivity index (χ1) is 16.4. The predicted molar refractivity (Wildman–Crippen MR) is 133 cm³/mol. The van der Waals surface area contributed by atoms with Gasteiger partial charge in [0.05, 0.1) is 16.7 Å². The first kappa shape index (κ1) is 22.1. The van der Waals surface area contributed by atoms with E-state index in [4.69, 9.17) is 14.6 Å². The topological polar surface area (TPSA) is 101 Å². The highest BCUT2D eigenvalue weighted by Gasteiger charge is 2.18. The maximum atomic E-state index is 11.1. The zero-order valence-electron chi connectivity index (χ0n) is 18.6. The van der Waals surface area contributed by atoms with Gasteiger partial charge in [0.15, 0.2) is 11.5 Å². The van der Waals surface area contributed by atoms with E-state index in [9.17, 15) is 4.79 Å². The molecule has 0 fully saturated rings. The number of carbonyl (C=O) groups is 1. The lowest BCUT2D eigenvalue weighted by molar-refractivity contribution is -0.138. The standard InChI is InChI=1S/C25H23BrN4O4/c1-14(25(31)32)27-16-7-8-18-20(13-16)30(2)29-24(18)28-19-5-3-4-17(23(19)26)15-6-9-21-22(12-15)34-11-10-33-21/h3-9,12-14,28-29H,10-11H2,1-2H3,(H,31,32)/t14-/m1/s1. The largest absolute Gasteiger partial charge is 0.486 e. The summed E-state index contributed by atoms with van der Waals surface area (Å²) in [5.41, 5.74) is 4.79. The molecule has 3 aliphatic rings. The first-order valence-corrected chi connectivity index (χ1v) is 11.6. The number of carboxylic acids is 1. The number of hydrogen-bond donors (Lipinski definition) is 3. The van der Waals surface area contributed by atoms with Gasteiger partial charge in [-0.25, -0.2) is 4.79 Å². The Labute approximate surface area is 204 Å². The molecule has 9 heteroatoms. The third-order valence-electron chi connectivity index (χ3n) is 5.70. The Kier molecular flexibility index (Phi) is 5.79. The third kappa shape index (κ3) is 4.14. The minimum atomic E-state index is -0.955. The van der Waals surface area contributed by atoms with E-state index in [-0.39, 0.29) is 0 Å². The van der Waals surface area contributed by atoms with Crippen molar-refractivity contribution in [3.8, 4) is 33.9 Å². The van der Waals surface area contributed by atoms with E-state index >= 15 is 0 Å². The summed E-state index contributed by atoms with van der Waals surface area (Å²) in [6.45, 7) is 2.66. The Balaban J connectivity index is 1.48. The van der Waals surface area contributed by atoms with Crippen LogP contribution in [0.2, 0.25) is 0 Å². The number of ether oxygens (including phenoxy) is 2. The molecule has 0 aromatic heterocycles. The molecule has 8 nitrogen and oxygen atoms in total. The highest BCUT2D eigenvalue weighted by atomic mass is 79.9. The lowest BCUT2D eigenvalue weighted by atomic mass is 10.0. The molecule has 2 aliphatic heterocycles. The van der Waals surface area contributed by atoms with Crippen molar-refractivity contribution in [3.63, 3.8) is 0 Å². The maximum Gasteiger partial charge on any atom is 0.328 e. The Morgan fingerprint density at radius 1 is 1.12 bits per heavy atom. The Morgan fingerprint density at radius 2 is 1.91 bits per heavy atom. The number of nitrogens with zero attached hydrogens (tertiary/aromatic N) is 2. The van der Waals surface area contributed by atoms with Gasteiger partial charge < -0.3 is 19.9 Å². The van der Waals surface area contributed by atoms with Gasteiger partial charge in [-0.15, -0.1) is 0 Å². The van der Waals surface area contributed by atoms with Gasteiger partial charge in [0.2, 0.25) is 0 Å². The molecule has 34 heavy (non-hydrogen) atoms. The summed E-state index contributed by atoms with van der Waals surface area (Å²) < 4.78 is 14.2. The van der Waals surface area contributed by atoms with Crippen LogP contribution in [0.3, 0.4) is 0 Å². The normalized spacial score (nSPS) is 14.3. The van der Waals surface area contributed by atoms with Crippen molar-refractivity contribution in [2.24, 2.45) is 12.0 Å². The number of aromatic amines is 1. The Bertz CT molecular complexity index is 1420. The molecular formula is C25H23BrN4O4. The molecule has 2 heterocycles. The summed E-state index contributed by atoms with van der Waals surface area (Å²) in [5, 5.41) is 16.6. The van der Waals surface area contributed by atoms with Crippen molar-refractivity contribution in [1.29, 1.82) is 0 Å². The lowest BCUT2D eigenvalue weighted by Crippen LogP contribution is -2.17. The SMILES string of the molecule is C[C@@H](N=c1ccc2c(Nc3cccc(-c4ccc5c(c4)OCCO5)c3Br)[nH]n(C)c-2c1)C(=O)O. The number of aromatic nitrogens is 2. The summed E-state index contributed by atoms with van der Waals surface area (Å²) in [6.07, 6.45) is 0. The second kappa shape index (κ2) is 8.90. The van der Waals surface area contributed by atoms with E-state index in [0.29, 0.717) is 18.6 Å². The molecule has 174 valence electrons. The van der Waals surface area contributed by atoms with E-state index in [0.717, 1.165) is 49.9 Å². The molecule has 0 saturated heterocycles. The Morgan fingerprint density at radius 3 is 2.71 bits per heavy atom. The smallest absolute Gasteiger partial charge is 0.328 e. The maximum absolute atomic E-state index is 11.1. The van der Waals surface area contributed by atoms with Crippen molar-refractivity contribution in [2.45, 2.75) is 13.0 Å². The van der Waals surface area contributed by atoms with Gasteiger partial charge in [-0.3, -0.25) is 14.8 Å². The van der Waals surface area contributed by atoms with Crippen LogP contribution in [0.1, 0.15) is 6.92 Å². The molecular weight excluding hydrogens is 500 g/mol. The van der Waals surface area contributed by atoms with Crippen LogP contribution in [-0.4, -0.2) is 40.1 Å². The van der Waals surface area contributed by atoms with Crippen LogP contribution >= 0.6 is 15.9 Å². The highest BCUT2D eigenvalue weighted by Crippen LogP contribution is 2.40. The van der Waals surface area contributed by atoms with Crippen molar-refractivity contribution in [2.75, 3.05) is 18.5 Å². The number of H-pyrrole nitrogens is 1. The zero-order chi connectivity index (χ0) is 23.8. The minimum Gasteiger partial charge on any atom is -0.486 e. The average molecular weight is 523 g/mol. The van der Waals surface area contributed by atoms with E-state index in [1.807, 2.05) is 66.3 Å². The average Bonchev–Trinajstić information content (AvgIpc) is 3.14. The second-order valence-electron chi connectivity index (χ2n) is 8.04. The van der Waals surface area contributed by atoms with Crippen LogP contribution in [0.15, 0.2) is 64.1 Å². The van der Waals surface area contributed by atoms with Crippen LogP contribution < -0.4 is 20.1 Å². The van der Waals surface area contributed by atoms with Crippen molar-refractivity contribution < 1.29 is 19.4 Å². The zero-order valence-corrected chi connectivity index (χ0v) is 20.2. The fourth-order valence-electron chi connectivity index (χ4n) is 3.95. The number of aliphatic carboxylic acids is 1. The molecule has 0 unspecified atom stereocenters. The van der Waals surface area contributed by atoms with Crippen LogP contribution in [0, 0.1) is 0 Å². The Hall–Kier alpha value is -3.72. The van der Waals surface area contributed by atoms with Crippen LogP contribution in [0.4, 0.5) is 11.5 Å². The molecule has 2 aromatic carbocycles. The van der Waals surface area contributed by atoms with Crippen molar-refractivity contribution in [3.05, 3.63) is 64.4 Å². The number of carboxylic acid groups (broad SMARTS) is 1. The summed E-state index contributed by atoms with van der Waals surface area (Å²) in [4.78, 5) is 15.4. The minimum absolute atomic E-state index is 0.542.